The van der Waals surface area contributed by atoms with Crippen LogP contribution in [0.1, 0.15) is 17.9 Å². The SMILES string of the molecule is O=C(O)CC(c1cccc2c1OCCO2)C(F)(F)F. The highest BCUT2D eigenvalue weighted by molar-refractivity contribution is 5.69. The molecule has 4 nitrogen and oxygen atoms in total. The van der Waals surface area contributed by atoms with Crippen molar-refractivity contribution >= 4 is 5.97 Å². The maximum absolute atomic E-state index is 13.0. The van der Waals surface area contributed by atoms with Gasteiger partial charge in [-0.1, -0.05) is 12.1 Å². The van der Waals surface area contributed by atoms with Gasteiger partial charge in [0.25, 0.3) is 0 Å². The van der Waals surface area contributed by atoms with Gasteiger partial charge in [0.05, 0.1) is 12.3 Å². The van der Waals surface area contributed by atoms with Crippen LogP contribution in [0.4, 0.5) is 13.2 Å². The zero-order valence-electron chi connectivity index (χ0n) is 9.74. The number of para-hydroxylation sites is 1. The summed E-state index contributed by atoms with van der Waals surface area (Å²) in [5.74, 6) is -3.43. The molecule has 1 unspecified atom stereocenters. The number of benzene rings is 1. The molecule has 0 saturated carbocycles. The molecule has 1 aliphatic heterocycles. The average molecular weight is 276 g/mol. The second-order valence-electron chi connectivity index (χ2n) is 4.06. The van der Waals surface area contributed by atoms with Gasteiger partial charge in [-0.05, 0) is 6.07 Å². The standard InChI is InChI=1S/C12H11F3O4/c13-12(14,15)8(6-10(16)17)7-2-1-3-9-11(7)19-5-4-18-9/h1-3,8H,4-6H2,(H,16,17). The van der Waals surface area contributed by atoms with Gasteiger partial charge < -0.3 is 14.6 Å². The molecule has 1 heterocycles. The van der Waals surface area contributed by atoms with Gasteiger partial charge in [0.15, 0.2) is 11.5 Å². The first kappa shape index (κ1) is 13.5. The molecule has 1 atom stereocenters. The molecule has 1 aromatic rings. The topological polar surface area (TPSA) is 55.8 Å². The number of hydrogen-bond acceptors (Lipinski definition) is 3. The second kappa shape index (κ2) is 4.99. The molecule has 0 saturated heterocycles. The summed E-state index contributed by atoms with van der Waals surface area (Å²) in [4.78, 5) is 10.6. The van der Waals surface area contributed by atoms with Crippen molar-refractivity contribution in [1.82, 2.24) is 0 Å². The summed E-state index contributed by atoms with van der Waals surface area (Å²) < 4.78 is 49.3. The lowest BCUT2D eigenvalue weighted by Crippen LogP contribution is -2.26. The summed E-state index contributed by atoms with van der Waals surface area (Å²) in [6, 6.07) is 4.10. The van der Waals surface area contributed by atoms with Gasteiger partial charge in [-0.15, -0.1) is 0 Å². The van der Waals surface area contributed by atoms with Crippen molar-refractivity contribution in [2.45, 2.75) is 18.5 Å². The van der Waals surface area contributed by atoms with Crippen LogP contribution in [0, 0.1) is 0 Å². The van der Waals surface area contributed by atoms with E-state index in [4.69, 9.17) is 14.6 Å². The van der Waals surface area contributed by atoms with E-state index in [-0.39, 0.29) is 30.3 Å². The number of fused-ring (bicyclic) bond motifs is 1. The van der Waals surface area contributed by atoms with E-state index >= 15 is 0 Å². The zero-order valence-corrected chi connectivity index (χ0v) is 9.74. The molecule has 1 aliphatic rings. The van der Waals surface area contributed by atoms with Gasteiger partial charge in [-0.2, -0.15) is 13.2 Å². The van der Waals surface area contributed by atoms with Crippen molar-refractivity contribution in [2.24, 2.45) is 0 Å². The average Bonchev–Trinajstić information content (AvgIpc) is 2.34. The normalized spacial score (nSPS) is 15.9. The fourth-order valence-corrected chi connectivity index (χ4v) is 1.95. The first-order valence-corrected chi connectivity index (χ1v) is 5.56. The second-order valence-corrected chi connectivity index (χ2v) is 4.06. The number of carbonyl (C=O) groups is 1. The highest BCUT2D eigenvalue weighted by Crippen LogP contribution is 2.45. The minimum absolute atomic E-state index is 0.0164. The molecule has 0 bridgehead atoms. The molecule has 7 heteroatoms. The summed E-state index contributed by atoms with van der Waals surface area (Å²) in [7, 11) is 0. The van der Waals surface area contributed by atoms with Crippen molar-refractivity contribution in [3.63, 3.8) is 0 Å². The summed E-state index contributed by atoms with van der Waals surface area (Å²) in [6.07, 6.45) is -5.70. The molecular weight excluding hydrogens is 265 g/mol. The molecule has 0 fully saturated rings. The highest BCUT2D eigenvalue weighted by atomic mass is 19.4. The van der Waals surface area contributed by atoms with Crippen LogP contribution in [0.25, 0.3) is 0 Å². The lowest BCUT2D eigenvalue weighted by atomic mass is 9.93. The Morgan fingerprint density at radius 2 is 2.00 bits per heavy atom. The molecule has 1 N–H and O–H groups in total. The molecule has 0 radical (unpaired) electrons. The highest BCUT2D eigenvalue weighted by Gasteiger charge is 2.44. The number of ether oxygens (including phenoxy) is 2. The van der Waals surface area contributed by atoms with E-state index < -0.39 is 24.5 Å². The van der Waals surface area contributed by atoms with Gasteiger partial charge in [-0.3, -0.25) is 4.79 Å². The van der Waals surface area contributed by atoms with Gasteiger partial charge in [0.1, 0.15) is 13.2 Å². The number of aliphatic carboxylic acids is 1. The molecule has 0 amide bonds. The van der Waals surface area contributed by atoms with Crippen LogP contribution in [-0.2, 0) is 4.79 Å². The molecule has 1 aromatic carbocycles. The van der Waals surface area contributed by atoms with Crippen LogP contribution in [0.3, 0.4) is 0 Å². The number of hydrogen-bond donors (Lipinski definition) is 1. The smallest absolute Gasteiger partial charge is 0.396 e. The Balaban J connectivity index is 2.44. The summed E-state index contributed by atoms with van der Waals surface area (Å²) in [5.41, 5.74) is -0.202. The van der Waals surface area contributed by atoms with E-state index in [1.54, 1.807) is 0 Å². The summed E-state index contributed by atoms with van der Waals surface area (Å²) in [5, 5.41) is 8.64. The number of rotatable bonds is 3. The van der Waals surface area contributed by atoms with Crippen molar-refractivity contribution in [2.75, 3.05) is 13.2 Å². The number of alkyl halides is 3. The lowest BCUT2D eigenvalue weighted by molar-refractivity contribution is -0.163. The van der Waals surface area contributed by atoms with Crippen LogP contribution < -0.4 is 9.47 Å². The quantitative estimate of drug-likeness (QED) is 0.921. The maximum Gasteiger partial charge on any atom is 0.396 e. The Morgan fingerprint density at radius 1 is 1.32 bits per heavy atom. The zero-order chi connectivity index (χ0) is 14.0. The number of carboxylic acid groups (broad SMARTS) is 1. The minimum Gasteiger partial charge on any atom is -0.486 e. The lowest BCUT2D eigenvalue weighted by Gasteiger charge is -2.25. The van der Waals surface area contributed by atoms with E-state index in [0.29, 0.717) is 0 Å². The molecule has 104 valence electrons. The van der Waals surface area contributed by atoms with Crippen LogP contribution in [0.15, 0.2) is 18.2 Å². The molecule has 19 heavy (non-hydrogen) atoms. The fraction of sp³-hybridized carbons (Fsp3) is 0.417. The first-order valence-electron chi connectivity index (χ1n) is 5.56. The monoisotopic (exact) mass is 276 g/mol. The Kier molecular flexibility index (Phi) is 3.55. The van der Waals surface area contributed by atoms with Gasteiger partial charge in [0, 0.05) is 5.56 Å². The first-order chi connectivity index (χ1) is 8.89. The summed E-state index contributed by atoms with van der Waals surface area (Å²) >= 11 is 0. The Labute approximate surface area is 106 Å². The third-order valence-electron chi connectivity index (χ3n) is 2.75. The predicted octanol–water partition coefficient (Wildman–Crippen LogP) is 2.58. The molecular formula is C12H11F3O4. The van der Waals surface area contributed by atoms with E-state index in [9.17, 15) is 18.0 Å². The van der Waals surface area contributed by atoms with Crippen molar-refractivity contribution < 1.29 is 32.5 Å². The van der Waals surface area contributed by atoms with Crippen molar-refractivity contribution in [3.05, 3.63) is 23.8 Å². The largest absolute Gasteiger partial charge is 0.486 e. The van der Waals surface area contributed by atoms with E-state index in [1.807, 2.05) is 0 Å². The van der Waals surface area contributed by atoms with Crippen LogP contribution in [0.2, 0.25) is 0 Å². The molecule has 0 aromatic heterocycles. The van der Waals surface area contributed by atoms with Gasteiger partial charge in [0.2, 0.25) is 0 Å². The molecule has 0 spiro atoms. The Hall–Kier alpha value is -1.92. The van der Waals surface area contributed by atoms with E-state index in [1.165, 1.54) is 18.2 Å². The van der Waals surface area contributed by atoms with Crippen LogP contribution in [-0.4, -0.2) is 30.5 Å². The predicted molar refractivity (Wildman–Crippen MR) is 58.5 cm³/mol. The van der Waals surface area contributed by atoms with E-state index in [0.717, 1.165) is 0 Å². The molecule has 2 rings (SSSR count). The summed E-state index contributed by atoms with van der Waals surface area (Å²) in [6.45, 7) is 0.397. The van der Waals surface area contributed by atoms with Crippen LogP contribution >= 0.6 is 0 Å². The fourth-order valence-electron chi connectivity index (χ4n) is 1.95. The Bertz CT molecular complexity index is 484. The number of halogens is 3. The Morgan fingerprint density at radius 3 is 2.63 bits per heavy atom. The minimum atomic E-state index is -4.66. The third-order valence-corrected chi connectivity index (χ3v) is 2.75. The van der Waals surface area contributed by atoms with Gasteiger partial charge in [-0.25, -0.2) is 0 Å². The van der Waals surface area contributed by atoms with E-state index in [2.05, 4.69) is 0 Å². The maximum atomic E-state index is 13.0. The van der Waals surface area contributed by atoms with Crippen LogP contribution in [0.5, 0.6) is 11.5 Å². The third kappa shape index (κ3) is 2.91. The van der Waals surface area contributed by atoms with Gasteiger partial charge >= 0.3 is 12.1 Å². The van der Waals surface area contributed by atoms with Crippen molar-refractivity contribution in [3.8, 4) is 11.5 Å². The number of carboxylic acids is 1. The van der Waals surface area contributed by atoms with Crippen molar-refractivity contribution in [1.29, 1.82) is 0 Å². The molecule has 0 aliphatic carbocycles.